The van der Waals surface area contributed by atoms with Gasteiger partial charge in [-0.05, 0) is 91.1 Å². The fourth-order valence-corrected chi connectivity index (χ4v) is 3.10. The molecule has 3 aromatic carbocycles. The molecule has 0 aromatic heterocycles. The number of benzene rings is 3. The number of carboxylic acid groups (broad SMARTS) is 1. The Kier molecular flexibility index (Phi) is 7.34. The molecular weight excluding hydrogens is 419 g/mol. The van der Waals surface area contributed by atoms with Crippen molar-refractivity contribution in [1.82, 2.24) is 0 Å². The van der Waals surface area contributed by atoms with Crippen LogP contribution in [0.25, 0.3) is 16.7 Å². The van der Waals surface area contributed by atoms with Gasteiger partial charge in [0.25, 0.3) is 0 Å². The van der Waals surface area contributed by atoms with E-state index in [1.165, 1.54) is 19.1 Å². The second kappa shape index (κ2) is 10.2. The van der Waals surface area contributed by atoms with Gasteiger partial charge in [0.15, 0.2) is 0 Å². The van der Waals surface area contributed by atoms with Crippen LogP contribution >= 0.6 is 0 Å². The first kappa shape index (κ1) is 23.8. The highest BCUT2D eigenvalue weighted by molar-refractivity contribution is 5.81. The van der Waals surface area contributed by atoms with Crippen LogP contribution in [-0.4, -0.2) is 23.3 Å². The minimum Gasteiger partial charge on any atom is -0.490 e. The highest BCUT2D eigenvalue weighted by Gasteiger charge is 2.36. The number of carbonyl (C=O) groups is 1. The topological polar surface area (TPSA) is 55.8 Å². The van der Waals surface area contributed by atoms with Crippen molar-refractivity contribution in [3.63, 3.8) is 0 Å². The number of carboxylic acids is 1. The van der Waals surface area contributed by atoms with Crippen LogP contribution in [0.5, 0.6) is 11.5 Å². The third kappa shape index (κ3) is 5.89. The summed E-state index contributed by atoms with van der Waals surface area (Å²) in [7, 11) is 0. The average molecular weight is 447 g/mol. The monoisotopic (exact) mass is 446 g/mol. The molecule has 0 saturated carbocycles. The van der Waals surface area contributed by atoms with Gasteiger partial charge < -0.3 is 14.6 Å². The van der Waals surface area contributed by atoms with Crippen molar-refractivity contribution in [2.75, 3.05) is 6.61 Å². The summed E-state index contributed by atoms with van der Waals surface area (Å²) in [5, 5.41) is 9.43. The first-order chi connectivity index (χ1) is 15.7. The van der Waals surface area contributed by atoms with Crippen molar-refractivity contribution >= 4 is 11.5 Å². The van der Waals surface area contributed by atoms with Crippen molar-refractivity contribution in [2.45, 2.75) is 26.4 Å². The predicted molar refractivity (Wildman–Crippen MR) is 129 cm³/mol. The fourth-order valence-electron chi connectivity index (χ4n) is 3.10. The van der Waals surface area contributed by atoms with E-state index in [2.05, 4.69) is 6.58 Å². The molecule has 0 aliphatic carbocycles. The molecule has 0 amide bonds. The average Bonchev–Trinajstić information content (AvgIpc) is 2.80. The normalized spacial score (nSPS) is 13.2. The Hall–Kier alpha value is -3.86. The summed E-state index contributed by atoms with van der Waals surface area (Å²) < 4.78 is 24.5. The summed E-state index contributed by atoms with van der Waals surface area (Å²) in [5.74, 6) is -0.280. The number of rotatable bonds is 9. The highest BCUT2D eigenvalue weighted by Crippen LogP contribution is 2.27. The van der Waals surface area contributed by atoms with Crippen LogP contribution in [0.2, 0.25) is 0 Å². The van der Waals surface area contributed by atoms with Crippen LogP contribution in [0.15, 0.2) is 91.0 Å². The molecule has 5 heteroatoms. The lowest BCUT2D eigenvalue weighted by Gasteiger charge is -2.26. The van der Waals surface area contributed by atoms with Crippen molar-refractivity contribution in [3.05, 3.63) is 102 Å². The zero-order valence-electron chi connectivity index (χ0n) is 19.0. The maximum absolute atomic E-state index is 13.1. The Morgan fingerprint density at radius 2 is 1.45 bits per heavy atom. The summed E-state index contributed by atoms with van der Waals surface area (Å²) in [6, 6.07) is 21.3. The minimum atomic E-state index is -1.49. The number of hydrogen-bond acceptors (Lipinski definition) is 3. The summed E-state index contributed by atoms with van der Waals surface area (Å²) >= 11 is 0. The maximum Gasteiger partial charge on any atom is 0.352 e. The van der Waals surface area contributed by atoms with Gasteiger partial charge in [-0.15, -0.1) is 0 Å². The van der Waals surface area contributed by atoms with Crippen LogP contribution in [0.1, 0.15) is 26.3 Å². The van der Waals surface area contributed by atoms with Crippen molar-refractivity contribution < 1.29 is 23.8 Å². The molecule has 0 spiro atoms. The van der Waals surface area contributed by atoms with Gasteiger partial charge in [0.2, 0.25) is 5.60 Å². The molecule has 3 aromatic rings. The molecule has 0 aliphatic rings. The zero-order valence-corrected chi connectivity index (χ0v) is 19.0. The van der Waals surface area contributed by atoms with Crippen LogP contribution in [0.4, 0.5) is 4.39 Å². The second-order valence-electron chi connectivity index (χ2n) is 7.97. The maximum atomic E-state index is 13.1. The largest absolute Gasteiger partial charge is 0.490 e. The molecule has 1 N–H and O–H groups in total. The predicted octanol–water partition coefficient (Wildman–Crippen LogP) is 6.77. The van der Waals surface area contributed by atoms with E-state index >= 15 is 0 Å². The van der Waals surface area contributed by atoms with Gasteiger partial charge in [-0.1, -0.05) is 43.0 Å². The number of aliphatic carboxylic acids is 1. The molecule has 0 heterocycles. The Morgan fingerprint density at radius 1 is 0.939 bits per heavy atom. The molecule has 4 nitrogen and oxygen atoms in total. The van der Waals surface area contributed by atoms with E-state index < -0.39 is 11.6 Å². The number of allylic oxidation sites excluding steroid dienone is 1. The second-order valence-corrected chi connectivity index (χ2v) is 7.97. The Balaban J connectivity index is 1.58. The summed E-state index contributed by atoms with van der Waals surface area (Å²) in [4.78, 5) is 11.5. The lowest BCUT2D eigenvalue weighted by molar-refractivity contribution is -0.150. The Bertz CT molecular complexity index is 1130. The summed E-state index contributed by atoms with van der Waals surface area (Å²) in [5.41, 5.74) is 3.04. The molecule has 0 unspecified atom stereocenters. The molecule has 3 rings (SSSR count). The minimum absolute atomic E-state index is 0.248. The quantitative estimate of drug-likeness (QED) is 0.368. The molecule has 0 fully saturated rings. The van der Waals surface area contributed by atoms with Gasteiger partial charge in [-0.25, -0.2) is 9.18 Å². The van der Waals surface area contributed by atoms with E-state index in [4.69, 9.17) is 9.47 Å². The van der Waals surface area contributed by atoms with Crippen LogP contribution < -0.4 is 9.47 Å². The third-order valence-corrected chi connectivity index (χ3v) is 5.53. The van der Waals surface area contributed by atoms with Gasteiger partial charge >= 0.3 is 5.97 Å². The number of halogens is 1. The van der Waals surface area contributed by atoms with Gasteiger partial charge in [-0.3, -0.25) is 0 Å². The molecule has 0 saturated heterocycles. The smallest absolute Gasteiger partial charge is 0.352 e. The van der Waals surface area contributed by atoms with E-state index in [0.717, 1.165) is 22.3 Å². The van der Waals surface area contributed by atoms with Crippen molar-refractivity contribution in [2.24, 2.45) is 0 Å². The highest BCUT2D eigenvalue weighted by atomic mass is 19.1. The molecule has 0 radical (unpaired) electrons. The van der Waals surface area contributed by atoms with Gasteiger partial charge in [-0.2, -0.15) is 0 Å². The summed E-state index contributed by atoms with van der Waals surface area (Å²) in [6.07, 6.45) is 1.99. The van der Waals surface area contributed by atoms with E-state index in [9.17, 15) is 14.3 Å². The van der Waals surface area contributed by atoms with Crippen molar-refractivity contribution in [3.8, 4) is 22.6 Å². The lowest BCUT2D eigenvalue weighted by atomic mass is 9.99. The van der Waals surface area contributed by atoms with E-state index in [1.54, 1.807) is 43.3 Å². The Labute approximate surface area is 193 Å². The standard InChI is InChI=1S/C28H27FO4/c1-19(2)28(4,27(30)31)33-26-15-13-25(14-16-26)32-18-17-20(3)21-5-7-22(8-6-21)23-9-11-24(29)12-10-23/h5-17H,1,18H2,2-4H3,(H,30,31)/b20-17+/t28-/m0/s1. The number of hydrogen-bond donors (Lipinski definition) is 1. The summed E-state index contributed by atoms with van der Waals surface area (Å²) in [6.45, 7) is 9.20. The van der Waals surface area contributed by atoms with E-state index in [-0.39, 0.29) is 5.82 Å². The fraction of sp³-hybridized carbons (Fsp3) is 0.179. The van der Waals surface area contributed by atoms with Crippen LogP contribution in [-0.2, 0) is 4.79 Å². The molecule has 0 aliphatic heterocycles. The van der Waals surface area contributed by atoms with Crippen LogP contribution in [0, 0.1) is 5.82 Å². The van der Waals surface area contributed by atoms with E-state index in [1.807, 2.05) is 37.3 Å². The van der Waals surface area contributed by atoms with Crippen LogP contribution in [0.3, 0.4) is 0 Å². The lowest BCUT2D eigenvalue weighted by Crippen LogP contribution is -2.42. The van der Waals surface area contributed by atoms with Gasteiger partial charge in [0.05, 0.1) is 0 Å². The first-order valence-corrected chi connectivity index (χ1v) is 10.5. The van der Waals surface area contributed by atoms with Gasteiger partial charge in [0.1, 0.15) is 23.9 Å². The Morgan fingerprint density at radius 3 is 1.97 bits per heavy atom. The van der Waals surface area contributed by atoms with Gasteiger partial charge in [0, 0.05) is 0 Å². The SMILES string of the molecule is C=C(C)[C@](C)(Oc1ccc(OC/C=C(\C)c2ccc(-c3ccc(F)cc3)cc2)cc1)C(=O)O. The molecule has 0 bridgehead atoms. The van der Waals surface area contributed by atoms with E-state index in [0.29, 0.717) is 23.7 Å². The number of ether oxygens (including phenoxy) is 2. The zero-order chi connectivity index (χ0) is 24.0. The first-order valence-electron chi connectivity index (χ1n) is 10.5. The third-order valence-electron chi connectivity index (χ3n) is 5.53. The molecule has 33 heavy (non-hydrogen) atoms. The van der Waals surface area contributed by atoms with Crippen molar-refractivity contribution in [1.29, 1.82) is 0 Å². The molecule has 1 atom stereocenters. The molecule has 170 valence electrons. The molecular formula is C28H27FO4.